The van der Waals surface area contributed by atoms with Crippen molar-refractivity contribution in [1.82, 2.24) is 5.43 Å². The third kappa shape index (κ3) is 5.08. The molecule has 4 atom stereocenters. The van der Waals surface area contributed by atoms with Crippen molar-refractivity contribution in [3.8, 4) is 0 Å². The lowest BCUT2D eigenvalue weighted by atomic mass is 10.0. The minimum absolute atomic E-state index is 0.0530. The predicted octanol–water partition coefficient (Wildman–Crippen LogP) is -2.93. The van der Waals surface area contributed by atoms with Gasteiger partial charge in [0.25, 0.3) is 5.91 Å². The predicted molar refractivity (Wildman–Crippen MR) is 72.2 cm³/mol. The summed E-state index contributed by atoms with van der Waals surface area (Å²) in [5, 5.41) is 59.7. The van der Waals surface area contributed by atoms with Crippen LogP contribution in [-0.4, -0.2) is 73.6 Å². The summed E-state index contributed by atoms with van der Waals surface area (Å²) in [7, 11) is 0. The first-order valence-electron chi connectivity index (χ1n) is 6.18. The van der Waals surface area contributed by atoms with Crippen molar-refractivity contribution in [3.05, 3.63) is 28.0 Å². The Hall–Kier alpha value is -2.38. The Morgan fingerprint density at radius 3 is 2.52 bits per heavy atom. The number of hydrogen-bond acceptors (Lipinski definition) is 10. The molecule has 0 radical (unpaired) electrons. The number of carbonyl (C=O) groups excluding carboxylic acids is 1. The van der Waals surface area contributed by atoms with Gasteiger partial charge < -0.3 is 29.9 Å². The molecule has 6 N–H and O–H groups in total. The lowest BCUT2D eigenvalue weighted by molar-refractivity contribution is -0.402. The molecule has 0 aromatic carbocycles. The highest BCUT2D eigenvalue weighted by Crippen LogP contribution is 2.13. The Morgan fingerprint density at radius 1 is 1.35 bits per heavy atom. The topological polar surface area (TPSA) is 199 Å². The zero-order valence-corrected chi connectivity index (χ0v) is 11.5. The Morgan fingerprint density at radius 2 is 2.00 bits per heavy atom. The third-order valence-electron chi connectivity index (χ3n) is 2.68. The van der Waals surface area contributed by atoms with Gasteiger partial charge >= 0.3 is 5.88 Å². The standard InChI is InChI=1S/C11H15N3O9/c15-4-6(16)8(17)9(18)10(19)11(20)13-12-3-5-1-2-7(23-5)14(21)22/h1-3,6,8-10,15-19H,4H2,(H,13,20)/t6-,8-,9+,10-/m1/s1. The Kier molecular flexibility index (Phi) is 6.74. The summed E-state index contributed by atoms with van der Waals surface area (Å²) in [6.07, 6.45) is -7.02. The van der Waals surface area contributed by atoms with E-state index in [0.29, 0.717) is 0 Å². The summed E-state index contributed by atoms with van der Waals surface area (Å²) < 4.78 is 4.71. The number of aliphatic hydroxyl groups excluding tert-OH is 5. The van der Waals surface area contributed by atoms with Gasteiger partial charge in [0.05, 0.1) is 18.9 Å². The molecule has 128 valence electrons. The van der Waals surface area contributed by atoms with Crippen molar-refractivity contribution in [2.45, 2.75) is 24.4 Å². The molecule has 1 amide bonds. The van der Waals surface area contributed by atoms with Crippen molar-refractivity contribution in [1.29, 1.82) is 0 Å². The lowest BCUT2D eigenvalue weighted by Crippen LogP contribution is -2.50. The van der Waals surface area contributed by atoms with Gasteiger partial charge in [-0.3, -0.25) is 14.9 Å². The van der Waals surface area contributed by atoms with E-state index in [4.69, 9.17) is 14.6 Å². The summed E-state index contributed by atoms with van der Waals surface area (Å²) in [4.78, 5) is 21.1. The number of hydrogen-bond donors (Lipinski definition) is 6. The lowest BCUT2D eigenvalue weighted by Gasteiger charge is -2.24. The molecule has 0 fully saturated rings. The number of furan rings is 1. The van der Waals surface area contributed by atoms with E-state index in [9.17, 15) is 30.2 Å². The van der Waals surface area contributed by atoms with Gasteiger partial charge in [-0.25, -0.2) is 5.43 Å². The molecular formula is C11H15N3O9. The number of carbonyl (C=O) groups is 1. The number of hydrazone groups is 1. The smallest absolute Gasteiger partial charge is 0.400 e. The summed E-state index contributed by atoms with van der Waals surface area (Å²) in [5.74, 6) is -1.81. The number of nitro groups is 1. The van der Waals surface area contributed by atoms with E-state index in [0.717, 1.165) is 12.3 Å². The largest absolute Gasteiger partial charge is 0.433 e. The van der Waals surface area contributed by atoms with E-state index >= 15 is 0 Å². The van der Waals surface area contributed by atoms with Crippen molar-refractivity contribution < 1.29 is 39.7 Å². The number of aliphatic hydroxyl groups is 5. The zero-order chi connectivity index (χ0) is 17.6. The molecule has 0 aliphatic heterocycles. The number of rotatable bonds is 8. The molecule has 1 aromatic heterocycles. The van der Waals surface area contributed by atoms with Gasteiger partial charge in [0.2, 0.25) is 0 Å². The molecule has 0 saturated carbocycles. The van der Waals surface area contributed by atoms with Gasteiger partial charge in [0.1, 0.15) is 23.2 Å². The van der Waals surface area contributed by atoms with E-state index in [1.165, 1.54) is 6.07 Å². The van der Waals surface area contributed by atoms with Crippen molar-refractivity contribution in [2.24, 2.45) is 5.10 Å². The normalized spacial score (nSPS) is 16.7. The highest BCUT2D eigenvalue weighted by molar-refractivity contribution is 5.83. The summed E-state index contributed by atoms with van der Waals surface area (Å²) in [6.45, 7) is -0.887. The minimum Gasteiger partial charge on any atom is -0.400 e. The maximum Gasteiger partial charge on any atom is 0.433 e. The second-order valence-corrected chi connectivity index (χ2v) is 4.34. The van der Waals surface area contributed by atoms with Crippen molar-refractivity contribution in [2.75, 3.05) is 6.61 Å². The van der Waals surface area contributed by atoms with Gasteiger partial charge in [-0.05, 0) is 6.07 Å². The summed E-state index contributed by atoms with van der Waals surface area (Å²) in [5.41, 5.74) is 1.80. The van der Waals surface area contributed by atoms with E-state index in [1.807, 2.05) is 0 Å². The van der Waals surface area contributed by atoms with E-state index < -0.39 is 47.7 Å². The van der Waals surface area contributed by atoms with Crippen LogP contribution < -0.4 is 5.43 Å². The van der Waals surface area contributed by atoms with Crippen LogP contribution in [0.3, 0.4) is 0 Å². The monoisotopic (exact) mass is 333 g/mol. The van der Waals surface area contributed by atoms with Crippen LogP contribution >= 0.6 is 0 Å². The molecule has 0 saturated heterocycles. The first kappa shape index (κ1) is 18.7. The molecule has 0 aliphatic rings. The molecule has 12 nitrogen and oxygen atoms in total. The molecule has 0 spiro atoms. The van der Waals surface area contributed by atoms with Crippen molar-refractivity contribution in [3.63, 3.8) is 0 Å². The fourth-order valence-electron chi connectivity index (χ4n) is 1.41. The maximum atomic E-state index is 11.5. The van der Waals surface area contributed by atoms with Crippen LogP contribution in [0, 0.1) is 10.1 Å². The number of nitrogens with zero attached hydrogens (tertiary/aromatic N) is 2. The van der Waals surface area contributed by atoms with Crippen LogP contribution in [0.1, 0.15) is 5.76 Å². The third-order valence-corrected chi connectivity index (χ3v) is 2.68. The summed E-state index contributed by atoms with van der Waals surface area (Å²) in [6, 6.07) is 2.27. The first-order valence-corrected chi connectivity index (χ1v) is 6.18. The number of nitrogens with one attached hydrogen (secondary N) is 1. The molecular weight excluding hydrogens is 318 g/mol. The fraction of sp³-hybridized carbons (Fsp3) is 0.455. The van der Waals surface area contributed by atoms with Gasteiger partial charge in [0, 0.05) is 0 Å². The van der Waals surface area contributed by atoms with Gasteiger partial charge in [-0.2, -0.15) is 5.10 Å². The van der Waals surface area contributed by atoms with Crippen LogP contribution in [0.25, 0.3) is 0 Å². The molecule has 1 aromatic rings. The quantitative estimate of drug-likeness (QED) is 0.164. The Balaban J connectivity index is 2.57. The average molecular weight is 333 g/mol. The molecule has 0 bridgehead atoms. The van der Waals surface area contributed by atoms with Crippen LogP contribution in [0.15, 0.2) is 21.7 Å². The second kappa shape index (κ2) is 8.30. The van der Waals surface area contributed by atoms with Gasteiger partial charge in [0.15, 0.2) is 11.9 Å². The molecule has 0 unspecified atom stereocenters. The van der Waals surface area contributed by atoms with Crippen LogP contribution in [0.5, 0.6) is 0 Å². The van der Waals surface area contributed by atoms with Crippen LogP contribution in [0.2, 0.25) is 0 Å². The van der Waals surface area contributed by atoms with Gasteiger partial charge in [-0.15, -0.1) is 0 Å². The zero-order valence-electron chi connectivity index (χ0n) is 11.5. The second-order valence-electron chi connectivity index (χ2n) is 4.34. The molecule has 0 aliphatic carbocycles. The SMILES string of the molecule is O=C(NN=Cc1ccc([N+](=O)[O-])o1)[C@H](O)[C@@H](O)[C@H](O)[C@H](O)CO. The highest BCUT2D eigenvalue weighted by atomic mass is 16.6. The Labute approximate surface area is 128 Å². The van der Waals surface area contributed by atoms with Crippen LogP contribution in [-0.2, 0) is 4.79 Å². The maximum absolute atomic E-state index is 11.5. The highest BCUT2D eigenvalue weighted by Gasteiger charge is 2.34. The minimum atomic E-state index is -2.14. The number of amides is 1. The molecule has 1 rings (SSSR count). The fourth-order valence-corrected chi connectivity index (χ4v) is 1.41. The van der Waals surface area contributed by atoms with E-state index in [2.05, 4.69) is 5.10 Å². The Bertz CT molecular complexity index is 573. The van der Waals surface area contributed by atoms with Crippen LogP contribution in [0.4, 0.5) is 5.88 Å². The summed E-state index contributed by atoms with van der Waals surface area (Å²) >= 11 is 0. The average Bonchev–Trinajstić information content (AvgIpc) is 3.00. The molecule has 12 heteroatoms. The van der Waals surface area contributed by atoms with E-state index in [-0.39, 0.29) is 5.76 Å². The van der Waals surface area contributed by atoms with Gasteiger partial charge in [-0.1, -0.05) is 0 Å². The molecule has 1 heterocycles. The molecule has 23 heavy (non-hydrogen) atoms. The first-order chi connectivity index (χ1) is 10.8. The van der Waals surface area contributed by atoms with E-state index in [1.54, 1.807) is 5.43 Å². The van der Waals surface area contributed by atoms with Crippen molar-refractivity contribution >= 4 is 18.0 Å².